The minimum Gasteiger partial charge on any atom is -0.481 e. The number of rotatable bonds is 11. The lowest BCUT2D eigenvalue weighted by atomic mass is 9.94. The van der Waals surface area contributed by atoms with E-state index in [1.807, 2.05) is 36.4 Å². The van der Waals surface area contributed by atoms with Crippen LogP contribution in [-0.2, 0) is 24.3 Å². The van der Waals surface area contributed by atoms with Crippen LogP contribution in [0.4, 0.5) is 0 Å². The van der Waals surface area contributed by atoms with Crippen LogP contribution >= 0.6 is 23.2 Å². The first-order chi connectivity index (χ1) is 21.9. The number of nitrogens with two attached hydrogens (primary N) is 1. The Hall–Kier alpha value is -3.89. The number of fused-ring (bicyclic) bond motifs is 1. The summed E-state index contributed by atoms with van der Waals surface area (Å²) in [7, 11) is 3.16. The van der Waals surface area contributed by atoms with Gasteiger partial charge in [0.1, 0.15) is 11.1 Å². The Morgan fingerprint density at radius 2 is 1.67 bits per heavy atom. The Labute approximate surface area is 272 Å². The molecular formula is C34H35Cl2N5O4. The van der Waals surface area contributed by atoms with Gasteiger partial charge < -0.3 is 30.6 Å². The van der Waals surface area contributed by atoms with Gasteiger partial charge in [-0.05, 0) is 48.1 Å². The average Bonchev–Trinajstić information content (AvgIpc) is 3.67. The lowest BCUT2D eigenvalue weighted by molar-refractivity contribution is -0.119. The van der Waals surface area contributed by atoms with E-state index in [0.717, 1.165) is 52.8 Å². The molecule has 1 saturated heterocycles. The van der Waals surface area contributed by atoms with Gasteiger partial charge in [0.25, 0.3) is 0 Å². The van der Waals surface area contributed by atoms with Gasteiger partial charge in [0.15, 0.2) is 0 Å². The van der Waals surface area contributed by atoms with Crippen molar-refractivity contribution < 1.29 is 19.0 Å². The molecule has 2 aromatic heterocycles. The average molecular weight is 649 g/mol. The summed E-state index contributed by atoms with van der Waals surface area (Å²) < 4.78 is 17.4. The van der Waals surface area contributed by atoms with E-state index in [2.05, 4.69) is 27.8 Å². The fourth-order valence-corrected chi connectivity index (χ4v) is 6.65. The van der Waals surface area contributed by atoms with Crippen molar-refractivity contribution in [2.45, 2.75) is 50.9 Å². The highest BCUT2D eigenvalue weighted by molar-refractivity contribution is 6.36. The van der Waals surface area contributed by atoms with Crippen molar-refractivity contribution in [3.8, 4) is 40.0 Å². The molecule has 1 fully saturated rings. The van der Waals surface area contributed by atoms with Crippen LogP contribution in [0.3, 0.4) is 0 Å². The number of pyridine rings is 2. The third kappa shape index (κ3) is 6.44. The molecule has 2 aliphatic rings. The van der Waals surface area contributed by atoms with Crippen molar-refractivity contribution in [1.82, 2.24) is 20.6 Å². The van der Waals surface area contributed by atoms with Crippen LogP contribution in [0.5, 0.6) is 17.6 Å². The van der Waals surface area contributed by atoms with E-state index in [4.69, 9.17) is 48.1 Å². The monoisotopic (exact) mass is 647 g/mol. The number of hydrogen-bond donors (Lipinski definition) is 3. The van der Waals surface area contributed by atoms with E-state index >= 15 is 0 Å². The number of hydrogen-bond acceptors (Lipinski definition) is 8. The maximum Gasteiger partial charge on any atom is 0.236 e. The second kappa shape index (κ2) is 13.6. The summed E-state index contributed by atoms with van der Waals surface area (Å²) in [4.78, 5) is 20.8. The molecule has 2 atom stereocenters. The smallest absolute Gasteiger partial charge is 0.236 e. The van der Waals surface area contributed by atoms with E-state index in [1.54, 1.807) is 20.3 Å². The molecule has 3 heterocycles. The molecule has 4 aromatic rings. The fraction of sp³-hybridized carbons (Fsp3) is 0.324. The molecule has 1 aliphatic carbocycles. The number of nitrogens with zero attached hydrogens (tertiary/aromatic N) is 2. The molecule has 0 spiro atoms. The number of halogens is 2. The molecule has 1 aliphatic heterocycles. The molecule has 9 nitrogen and oxygen atoms in total. The van der Waals surface area contributed by atoms with Gasteiger partial charge in [-0.1, -0.05) is 65.7 Å². The SMILES string of the molecule is COc1nc(-c2cccc(-c3cccc4c3CC[C@@H]4Oc3nc(OC)c(CN)cc3Cl)c2Cl)ccc1CNC[C@@H]1CCC(=O)N1. The Balaban J connectivity index is 1.24. The summed E-state index contributed by atoms with van der Waals surface area (Å²) in [6.07, 6.45) is 2.78. The summed E-state index contributed by atoms with van der Waals surface area (Å²) in [5.41, 5.74) is 13.2. The molecule has 0 unspecified atom stereocenters. The normalized spacial score (nSPS) is 17.2. The summed E-state index contributed by atoms with van der Waals surface area (Å²) in [6, 6.07) is 18.0. The van der Waals surface area contributed by atoms with E-state index < -0.39 is 0 Å². The Bertz CT molecular complexity index is 1730. The minimum absolute atomic E-state index is 0.107. The van der Waals surface area contributed by atoms with Crippen molar-refractivity contribution in [1.29, 1.82) is 0 Å². The van der Waals surface area contributed by atoms with E-state index in [0.29, 0.717) is 52.8 Å². The van der Waals surface area contributed by atoms with E-state index in [-0.39, 0.29) is 24.6 Å². The fourth-order valence-electron chi connectivity index (χ4n) is 6.11. The number of nitrogens with one attached hydrogen (secondary N) is 2. The molecule has 11 heteroatoms. The van der Waals surface area contributed by atoms with Gasteiger partial charge in [0.2, 0.25) is 23.5 Å². The van der Waals surface area contributed by atoms with E-state index in [1.165, 1.54) is 5.56 Å². The largest absolute Gasteiger partial charge is 0.481 e. The number of carbonyl (C=O) groups is 1. The summed E-state index contributed by atoms with van der Waals surface area (Å²) in [5.74, 6) is 1.36. The molecule has 6 rings (SSSR count). The highest BCUT2D eigenvalue weighted by Crippen LogP contribution is 2.44. The zero-order valence-electron chi connectivity index (χ0n) is 25.2. The van der Waals surface area contributed by atoms with Gasteiger partial charge in [-0.3, -0.25) is 4.79 Å². The third-order valence-electron chi connectivity index (χ3n) is 8.35. The van der Waals surface area contributed by atoms with Crippen molar-refractivity contribution in [2.75, 3.05) is 20.8 Å². The molecule has 234 valence electrons. The van der Waals surface area contributed by atoms with Crippen LogP contribution in [0.25, 0.3) is 22.4 Å². The maximum atomic E-state index is 11.5. The molecule has 0 bridgehead atoms. The van der Waals surface area contributed by atoms with Gasteiger partial charge in [-0.25, -0.2) is 4.98 Å². The Kier molecular flexibility index (Phi) is 9.42. The lowest BCUT2D eigenvalue weighted by Crippen LogP contribution is -2.35. The van der Waals surface area contributed by atoms with Crippen LogP contribution in [0.1, 0.15) is 47.6 Å². The van der Waals surface area contributed by atoms with Crippen LogP contribution in [0.15, 0.2) is 54.6 Å². The lowest BCUT2D eigenvalue weighted by Gasteiger charge is -2.18. The van der Waals surface area contributed by atoms with Gasteiger partial charge in [0.05, 0.1) is 24.9 Å². The van der Waals surface area contributed by atoms with Gasteiger partial charge >= 0.3 is 0 Å². The summed E-state index contributed by atoms with van der Waals surface area (Å²) >= 11 is 13.6. The van der Waals surface area contributed by atoms with Crippen molar-refractivity contribution >= 4 is 29.1 Å². The molecule has 0 saturated carbocycles. The van der Waals surface area contributed by atoms with Crippen LogP contribution in [0, 0.1) is 0 Å². The second-order valence-electron chi connectivity index (χ2n) is 11.1. The molecule has 2 aromatic carbocycles. The minimum atomic E-state index is -0.225. The number of aromatic nitrogens is 2. The van der Waals surface area contributed by atoms with Crippen molar-refractivity contribution in [2.24, 2.45) is 5.73 Å². The summed E-state index contributed by atoms with van der Waals surface area (Å²) in [6.45, 7) is 1.52. The maximum absolute atomic E-state index is 11.5. The predicted molar refractivity (Wildman–Crippen MR) is 175 cm³/mol. The van der Waals surface area contributed by atoms with Gasteiger partial charge in [-0.15, -0.1) is 0 Å². The quantitative estimate of drug-likeness (QED) is 0.181. The van der Waals surface area contributed by atoms with E-state index in [9.17, 15) is 4.79 Å². The van der Waals surface area contributed by atoms with Gasteiger partial charge in [-0.2, -0.15) is 4.98 Å². The Morgan fingerprint density at radius 3 is 2.42 bits per heavy atom. The second-order valence-corrected chi connectivity index (χ2v) is 11.9. The Morgan fingerprint density at radius 1 is 0.911 bits per heavy atom. The predicted octanol–water partition coefficient (Wildman–Crippen LogP) is 6.03. The molecule has 0 radical (unpaired) electrons. The molecule has 4 N–H and O–H groups in total. The zero-order valence-corrected chi connectivity index (χ0v) is 26.7. The summed E-state index contributed by atoms with van der Waals surface area (Å²) in [5, 5.41) is 7.38. The highest BCUT2D eigenvalue weighted by atomic mass is 35.5. The standard InChI is InChI=1S/C34H35Cl2N5O4/c1-43-32-19(17-38-18-21-10-14-30(42)39-21)9-12-28(40-32)26-8-4-7-25(31(26)36)22-5-3-6-24-23(22)11-13-29(24)45-34-27(35)15-20(16-37)33(41-34)44-2/h3-9,12,15,21,29,38H,10-11,13-14,16-18,37H2,1-2H3,(H,39,42)/t21-,29-/m0/s1. The van der Waals surface area contributed by atoms with Crippen LogP contribution < -0.4 is 30.6 Å². The van der Waals surface area contributed by atoms with Crippen molar-refractivity contribution in [3.63, 3.8) is 0 Å². The van der Waals surface area contributed by atoms with Gasteiger partial charge in [0, 0.05) is 54.4 Å². The number of methoxy groups -OCH3 is 2. The molecule has 45 heavy (non-hydrogen) atoms. The number of carbonyl (C=O) groups excluding carboxylic acids is 1. The number of amides is 1. The molecule has 1 amide bonds. The highest BCUT2D eigenvalue weighted by Gasteiger charge is 2.29. The third-order valence-corrected chi connectivity index (χ3v) is 9.03. The first-order valence-corrected chi connectivity index (χ1v) is 15.7. The zero-order chi connectivity index (χ0) is 31.5. The first-order valence-electron chi connectivity index (χ1n) is 14.9. The topological polar surface area (TPSA) is 121 Å². The van der Waals surface area contributed by atoms with Crippen LogP contribution in [-0.4, -0.2) is 42.7 Å². The van der Waals surface area contributed by atoms with Crippen molar-refractivity contribution in [3.05, 3.63) is 86.9 Å². The number of benzene rings is 2. The first kappa shape index (κ1) is 31.1. The van der Waals surface area contributed by atoms with Crippen LogP contribution in [0.2, 0.25) is 10.0 Å². The molecular weight excluding hydrogens is 613 g/mol. The number of ether oxygens (including phenoxy) is 3.